The maximum atomic E-state index is 9.25. The van der Waals surface area contributed by atoms with Crippen LogP contribution in [-0.4, -0.2) is 23.1 Å². The van der Waals surface area contributed by atoms with E-state index in [1.165, 1.54) is 0 Å². The zero-order chi connectivity index (χ0) is 2.00. The van der Waals surface area contributed by atoms with Crippen LogP contribution in [0, 0.1) is 7.18 Å². The Morgan fingerprint density at radius 2 is 1.25 bits per heavy atom. The fourth-order valence-electron chi connectivity index (χ4n) is 0. The fraction of sp³-hybridized carbons (Fsp3) is 0. The van der Waals surface area contributed by atoms with Gasteiger partial charge < -0.3 is 16.8 Å². The molecule has 0 bridgehead atoms. The van der Waals surface area contributed by atoms with E-state index >= 15 is 0 Å². The molecule has 3 heteroatoms. The molecule has 0 unspecified atom stereocenters. The molecule has 0 spiro atoms. The summed E-state index contributed by atoms with van der Waals surface area (Å²) in [5, 5.41) is 0. The largest absolute Gasteiger partial charge is 2.00 e. The van der Waals surface area contributed by atoms with E-state index in [-0.39, 0.29) is 35.5 Å². The predicted molar refractivity (Wildman–Crippen MR) is 12.2 cm³/mol. The Labute approximate surface area is 47.3 Å². The van der Waals surface area contributed by atoms with Gasteiger partial charge in [-0.2, -0.15) is 7.18 Å². The van der Waals surface area contributed by atoms with Gasteiger partial charge in [0.1, 0.15) is 0 Å². The molecule has 0 atom stereocenters. The van der Waals surface area contributed by atoms with Crippen LogP contribution in [0.2, 0.25) is 0 Å². The molecule has 0 aromatic carbocycles. The van der Waals surface area contributed by atoms with E-state index in [0.29, 0.717) is 0 Å². The van der Waals surface area contributed by atoms with Crippen molar-refractivity contribution in [1.29, 1.82) is 0 Å². The molecule has 0 aliphatic carbocycles. The summed E-state index contributed by atoms with van der Waals surface area (Å²) in [6, 6.07) is 0. The fourth-order valence-corrected chi connectivity index (χ4v) is 0. The minimum absolute atomic E-state index is 0. The molecule has 0 saturated heterocycles. The molecule has 0 saturated carbocycles. The topological polar surface area (TPSA) is 0 Å². The van der Waals surface area contributed by atoms with Gasteiger partial charge in [-0.05, 0) is 0 Å². The van der Waals surface area contributed by atoms with Crippen molar-refractivity contribution < 1.29 is 16.8 Å². The molecule has 0 aromatic heterocycles. The van der Waals surface area contributed by atoms with E-state index in [0.717, 1.165) is 0 Å². The van der Waals surface area contributed by atoms with Gasteiger partial charge in [-0.3, -0.25) is 0 Å². The van der Waals surface area contributed by atoms with Crippen molar-refractivity contribution in [2.45, 2.75) is 0 Å². The van der Waals surface area contributed by atoms with Crippen molar-refractivity contribution in [3.05, 3.63) is 7.18 Å². The molecule has 0 fully saturated rings. The second-order valence-electron chi connectivity index (χ2n) is 0. The van der Waals surface area contributed by atoms with Crippen LogP contribution in [0.1, 0.15) is 0 Å². The van der Waals surface area contributed by atoms with Gasteiger partial charge in [-0.1, -0.05) is 0 Å². The van der Waals surface area contributed by atoms with Gasteiger partial charge in [-0.25, -0.2) is 0 Å². The third kappa shape index (κ3) is 12.1. The SMILES string of the molecule is [CH2-]F.[Cl-].[Mg+2]. The van der Waals surface area contributed by atoms with Crippen LogP contribution in [0.3, 0.4) is 0 Å². The first-order valence-electron chi connectivity index (χ1n) is 0.267. The van der Waals surface area contributed by atoms with Gasteiger partial charge >= 0.3 is 23.1 Å². The van der Waals surface area contributed by atoms with E-state index in [9.17, 15) is 4.39 Å². The third-order valence-electron chi connectivity index (χ3n) is 0. The normalized spacial score (nSPS) is 1.50. The summed E-state index contributed by atoms with van der Waals surface area (Å²) < 4.78 is 9.25. The van der Waals surface area contributed by atoms with E-state index < -0.39 is 0 Å². The van der Waals surface area contributed by atoms with Gasteiger partial charge in [0.15, 0.2) is 0 Å². The van der Waals surface area contributed by atoms with Crippen LogP contribution in [0.5, 0.6) is 0 Å². The molecule has 0 aliphatic rings. The average molecular weight is 92.8 g/mol. The van der Waals surface area contributed by atoms with Crippen LogP contribution < -0.4 is 12.4 Å². The Hall–Kier alpha value is 0.986. The zero-order valence-electron chi connectivity index (χ0n) is 2.17. The van der Waals surface area contributed by atoms with Crippen LogP contribution >= 0.6 is 0 Å². The summed E-state index contributed by atoms with van der Waals surface area (Å²) in [5.41, 5.74) is 0. The molecular formula is CH2ClFMg. The summed E-state index contributed by atoms with van der Waals surface area (Å²) in [4.78, 5) is 0. The molecule has 0 heterocycles. The summed E-state index contributed by atoms with van der Waals surface area (Å²) >= 11 is 0. The summed E-state index contributed by atoms with van der Waals surface area (Å²) in [6.45, 7) is 0. The Morgan fingerprint density at radius 3 is 1.25 bits per heavy atom. The quantitative estimate of drug-likeness (QED) is 0.227. The Balaban J connectivity index is -0.00000000500. The maximum absolute atomic E-state index is 9.25. The maximum Gasteiger partial charge on any atom is 2.00 e. The zero-order valence-corrected chi connectivity index (χ0v) is 4.34. The molecule has 0 N–H and O–H groups in total. The van der Waals surface area contributed by atoms with Crippen molar-refractivity contribution in [3.63, 3.8) is 0 Å². The molecule has 0 rings (SSSR count). The van der Waals surface area contributed by atoms with E-state index in [1.807, 2.05) is 0 Å². The third-order valence-corrected chi connectivity index (χ3v) is 0. The Bertz CT molecular complexity index is 8.00. The first-order chi connectivity index (χ1) is 1.00. The minimum Gasteiger partial charge on any atom is -1.00 e. The van der Waals surface area contributed by atoms with Gasteiger partial charge in [0, 0.05) is 0 Å². The monoisotopic (exact) mass is 92.0 g/mol. The summed E-state index contributed by atoms with van der Waals surface area (Å²) in [6.07, 6.45) is 0. The molecule has 0 aromatic rings. The number of hydrogen-bond acceptors (Lipinski definition) is 0. The Morgan fingerprint density at radius 1 is 1.25 bits per heavy atom. The van der Waals surface area contributed by atoms with Gasteiger partial charge in [0.2, 0.25) is 0 Å². The van der Waals surface area contributed by atoms with Gasteiger partial charge in [-0.15, -0.1) is 0 Å². The molecule has 4 heavy (non-hydrogen) atoms. The first-order valence-corrected chi connectivity index (χ1v) is 0.267. The molecule has 0 aliphatic heterocycles. The van der Waals surface area contributed by atoms with Crippen LogP contribution in [0.4, 0.5) is 4.39 Å². The second kappa shape index (κ2) is 36.5. The molecule has 0 radical (unpaired) electrons. The standard InChI is InChI=1S/CH2F.ClH.Mg/c1-2;;/h1H2;1H;/q-1;;+2/p-1. The number of halogens is 2. The van der Waals surface area contributed by atoms with E-state index in [1.54, 1.807) is 7.18 Å². The second-order valence-corrected chi connectivity index (χ2v) is 0. The number of rotatable bonds is 0. The van der Waals surface area contributed by atoms with Crippen LogP contribution in [0.15, 0.2) is 0 Å². The Kier molecular flexibility index (Phi) is 183. The van der Waals surface area contributed by atoms with Crippen molar-refractivity contribution in [3.8, 4) is 0 Å². The van der Waals surface area contributed by atoms with Crippen molar-refractivity contribution in [1.82, 2.24) is 0 Å². The molecule has 22 valence electrons. The molecule has 0 nitrogen and oxygen atoms in total. The van der Waals surface area contributed by atoms with Crippen molar-refractivity contribution in [2.24, 2.45) is 0 Å². The smallest absolute Gasteiger partial charge is 1.00 e. The first kappa shape index (κ1) is 20.1. The minimum atomic E-state index is 0. The summed E-state index contributed by atoms with van der Waals surface area (Å²) in [5.74, 6) is 0. The number of hydrogen-bond donors (Lipinski definition) is 0. The van der Waals surface area contributed by atoms with Crippen LogP contribution in [-0.2, 0) is 0 Å². The van der Waals surface area contributed by atoms with Crippen molar-refractivity contribution >= 4 is 23.1 Å². The van der Waals surface area contributed by atoms with E-state index in [4.69, 9.17) is 0 Å². The molecule has 0 amide bonds. The van der Waals surface area contributed by atoms with Crippen LogP contribution in [0.25, 0.3) is 0 Å². The molecular weight excluding hydrogens is 90.8 g/mol. The summed E-state index contributed by atoms with van der Waals surface area (Å²) in [7, 11) is 1.75. The van der Waals surface area contributed by atoms with Gasteiger partial charge in [0.05, 0.1) is 0 Å². The van der Waals surface area contributed by atoms with Gasteiger partial charge in [0.25, 0.3) is 0 Å². The van der Waals surface area contributed by atoms with Crippen molar-refractivity contribution in [2.75, 3.05) is 0 Å². The van der Waals surface area contributed by atoms with E-state index in [2.05, 4.69) is 0 Å². The predicted octanol–water partition coefficient (Wildman–Crippen LogP) is -2.63. The average Bonchev–Trinajstić information content (AvgIpc) is 1.00.